The molecule has 0 aromatic heterocycles. The summed E-state index contributed by atoms with van der Waals surface area (Å²) in [4.78, 5) is 13.7. The van der Waals surface area contributed by atoms with E-state index in [-0.39, 0.29) is 30.0 Å². The number of carbonyl (C=O) groups is 1. The first kappa shape index (κ1) is 14.0. The van der Waals surface area contributed by atoms with E-state index in [4.69, 9.17) is 5.26 Å². The van der Waals surface area contributed by atoms with Crippen LogP contribution >= 0.6 is 0 Å². The molecule has 1 aliphatic rings. The molecule has 1 saturated heterocycles. The molecular formula is C11H18N2O3S. The van der Waals surface area contributed by atoms with Crippen LogP contribution in [0.25, 0.3) is 0 Å². The van der Waals surface area contributed by atoms with E-state index in [0.717, 1.165) is 0 Å². The predicted octanol–water partition coefficient (Wildman–Crippen LogP) is 0.572. The van der Waals surface area contributed by atoms with Crippen molar-refractivity contribution in [2.24, 2.45) is 5.41 Å². The van der Waals surface area contributed by atoms with Crippen molar-refractivity contribution in [2.75, 3.05) is 18.1 Å². The molecule has 0 radical (unpaired) electrons. The fourth-order valence-electron chi connectivity index (χ4n) is 1.90. The van der Waals surface area contributed by atoms with Crippen LogP contribution in [0.1, 0.15) is 27.2 Å². The van der Waals surface area contributed by atoms with Crippen molar-refractivity contribution in [3.63, 3.8) is 0 Å². The third-order valence-electron chi connectivity index (χ3n) is 3.36. The lowest BCUT2D eigenvalue weighted by atomic mass is 9.87. The largest absolute Gasteiger partial charge is 0.337 e. The van der Waals surface area contributed by atoms with E-state index in [1.807, 2.05) is 6.07 Å². The van der Waals surface area contributed by atoms with Crippen LogP contribution in [0.3, 0.4) is 0 Å². The van der Waals surface area contributed by atoms with E-state index >= 15 is 0 Å². The lowest BCUT2D eigenvalue weighted by Gasteiger charge is -2.37. The molecule has 1 fully saturated rings. The molecule has 1 heterocycles. The number of nitriles is 1. The van der Waals surface area contributed by atoms with Gasteiger partial charge < -0.3 is 4.90 Å². The summed E-state index contributed by atoms with van der Waals surface area (Å²) >= 11 is 0. The summed E-state index contributed by atoms with van der Waals surface area (Å²) < 4.78 is 22.8. The molecule has 6 heteroatoms. The van der Waals surface area contributed by atoms with Crippen molar-refractivity contribution in [1.82, 2.24) is 4.90 Å². The highest BCUT2D eigenvalue weighted by atomic mass is 32.2. The molecule has 0 saturated carbocycles. The van der Waals surface area contributed by atoms with Gasteiger partial charge in [-0.05, 0) is 20.3 Å². The molecular weight excluding hydrogens is 240 g/mol. The molecule has 2 atom stereocenters. The Morgan fingerprint density at radius 2 is 2.18 bits per heavy atom. The molecule has 96 valence electrons. The SMILES string of the molecule is CCC(C)(C#N)C(=O)N1CCS(=O)(=O)CC1C. The highest BCUT2D eigenvalue weighted by Crippen LogP contribution is 2.26. The number of sulfone groups is 1. The highest BCUT2D eigenvalue weighted by molar-refractivity contribution is 7.91. The summed E-state index contributed by atoms with van der Waals surface area (Å²) in [6.07, 6.45) is 0.429. The van der Waals surface area contributed by atoms with Crippen LogP contribution in [-0.2, 0) is 14.6 Å². The van der Waals surface area contributed by atoms with E-state index in [9.17, 15) is 13.2 Å². The zero-order valence-corrected chi connectivity index (χ0v) is 11.2. The Morgan fingerprint density at radius 3 is 2.59 bits per heavy atom. The summed E-state index contributed by atoms with van der Waals surface area (Å²) in [7, 11) is -3.03. The van der Waals surface area contributed by atoms with Crippen molar-refractivity contribution in [1.29, 1.82) is 5.26 Å². The first-order valence-electron chi connectivity index (χ1n) is 5.68. The Balaban J connectivity index is 2.90. The maximum Gasteiger partial charge on any atom is 0.243 e. The third-order valence-corrected chi connectivity index (χ3v) is 5.15. The summed E-state index contributed by atoms with van der Waals surface area (Å²) in [5.74, 6) is -0.275. The third kappa shape index (κ3) is 2.78. The molecule has 1 rings (SSSR count). The van der Waals surface area contributed by atoms with Gasteiger partial charge in [0.25, 0.3) is 0 Å². The average molecular weight is 258 g/mol. The minimum Gasteiger partial charge on any atom is -0.337 e. The van der Waals surface area contributed by atoms with Crippen molar-refractivity contribution < 1.29 is 13.2 Å². The lowest BCUT2D eigenvalue weighted by Crippen LogP contribution is -2.53. The Morgan fingerprint density at radius 1 is 1.59 bits per heavy atom. The monoisotopic (exact) mass is 258 g/mol. The lowest BCUT2D eigenvalue weighted by molar-refractivity contribution is -0.140. The minimum atomic E-state index is -3.03. The van der Waals surface area contributed by atoms with Gasteiger partial charge in [0.2, 0.25) is 5.91 Å². The zero-order valence-electron chi connectivity index (χ0n) is 10.4. The molecule has 0 bridgehead atoms. The normalized spacial score (nSPS) is 26.9. The summed E-state index contributed by atoms with van der Waals surface area (Å²) in [6.45, 7) is 5.29. The standard InChI is InChI=1S/C11H18N2O3S/c1-4-11(3,8-12)10(14)13-5-6-17(15,16)7-9(13)2/h9H,4-7H2,1-3H3. The molecule has 5 nitrogen and oxygen atoms in total. The average Bonchev–Trinajstić information content (AvgIpc) is 2.26. The number of nitrogens with zero attached hydrogens (tertiary/aromatic N) is 2. The van der Waals surface area contributed by atoms with Crippen LogP contribution in [-0.4, -0.2) is 43.3 Å². The quantitative estimate of drug-likeness (QED) is 0.725. The van der Waals surface area contributed by atoms with E-state index in [2.05, 4.69) is 0 Å². The van der Waals surface area contributed by atoms with Crippen LogP contribution in [0, 0.1) is 16.7 Å². The number of hydrogen-bond acceptors (Lipinski definition) is 4. The fraction of sp³-hybridized carbons (Fsp3) is 0.818. The molecule has 0 aromatic rings. The number of rotatable bonds is 2. The zero-order chi connectivity index (χ0) is 13.3. The summed E-state index contributed by atoms with van der Waals surface area (Å²) in [5.41, 5.74) is -1.05. The maximum absolute atomic E-state index is 12.2. The van der Waals surface area contributed by atoms with Crippen molar-refractivity contribution in [3.8, 4) is 6.07 Å². The predicted molar refractivity (Wildman–Crippen MR) is 63.8 cm³/mol. The van der Waals surface area contributed by atoms with Gasteiger partial charge in [-0.3, -0.25) is 4.79 Å². The molecule has 1 aliphatic heterocycles. The summed E-state index contributed by atoms with van der Waals surface area (Å²) in [5, 5.41) is 9.06. The van der Waals surface area contributed by atoms with Crippen LogP contribution in [0.4, 0.5) is 0 Å². The second-order valence-corrected chi connectivity index (χ2v) is 6.99. The van der Waals surface area contributed by atoms with Crippen LogP contribution in [0.5, 0.6) is 0 Å². The highest BCUT2D eigenvalue weighted by Gasteiger charge is 2.40. The first-order chi connectivity index (χ1) is 7.75. The van der Waals surface area contributed by atoms with Crippen molar-refractivity contribution in [3.05, 3.63) is 0 Å². The van der Waals surface area contributed by atoms with Crippen molar-refractivity contribution in [2.45, 2.75) is 33.2 Å². The molecule has 0 N–H and O–H groups in total. The fourth-order valence-corrected chi connectivity index (χ4v) is 3.45. The van der Waals surface area contributed by atoms with E-state index in [1.165, 1.54) is 4.90 Å². The Labute approximate surface area is 102 Å². The molecule has 2 unspecified atom stereocenters. The Bertz CT molecular complexity index is 452. The van der Waals surface area contributed by atoms with Gasteiger partial charge >= 0.3 is 0 Å². The topological polar surface area (TPSA) is 78.2 Å². The number of carbonyl (C=O) groups excluding carboxylic acids is 1. The van der Waals surface area contributed by atoms with Gasteiger partial charge in [-0.15, -0.1) is 0 Å². The smallest absolute Gasteiger partial charge is 0.243 e. The molecule has 17 heavy (non-hydrogen) atoms. The Kier molecular flexibility index (Phi) is 3.82. The first-order valence-corrected chi connectivity index (χ1v) is 7.50. The Hall–Kier alpha value is -1.09. The summed E-state index contributed by atoms with van der Waals surface area (Å²) in [6, 6.07) is 1.68. The number of amides is 1. The molecule has 1 amide bonds. The van der Waals surface area contributed by atoms with Crippen LogP contribution in [0.15, 0.2) is 0 Å². The van der Waals surface area contributed by atoms with Gasteiger partial charge in [-0.25, -0.2) is 8.42 Å². The molecule has 0 aromatic carbocycles. The van der Waals surface area contributed by atoms with Gasteiger partial charge in [0.1, 0.15) is 5.41 Å². The minimum absolute atomic E-state index is 0.00565. The second kappa shape index (κ2) is 4.65. The van der Waals surface area contributed by atoms with Gasteiger partial charge in [-0.1, -0.05) is 6.92 Å². The van der Waals surface area contributed by atoms with Gasteiger partial charge in [-0.2, -0.15) is 5.26 Å². The van der Waals surface area contributed by atoms with E-state index in [0.29, 0.717) is 6.42 Å². The van der Waals surface area contributed by atoms with Crippen molar-refractivity contribution >= 4 is 15.7 Å². The van der Waals surface area contributed by atoms with Crippen LogP contribution < -0.4 is 0 Å². The van der Waals surface area contributed by atoms with E-state index in [1.54, 1.807) is 20.8 Å². The van der Waals surface area contributed by atoms with E-state index < -0.39 is 15.3 Å². The van der Waals surface area contributed by atoms with Crippen LogP contribution in [0.2, 0.25) is 0 Å². The molecule has 0 spiro atoms. The van der Waals surface area contributed by atoms with Gasteiger partial charge in [0.05, 0.1) is 17.6 Å². The van der Waals surface area contributed by atoms with Gasteiger partial charge in [0.15, 0.2) is 9.84 Å². The van der Waals surface area contributed by atoms with Gasteiger partial charge in [0, 0.05) is 12.6 Å². The second-order valence-electron chi connectivity index (χ2n) is 4.76. The molecule has 0 aliphatic carbocycles. The maximum atomic E-state index is 12.2. The number of hydrogen-bond donors (Lipinski definition) is 0.